The number of aromatic nitrogens is 1. The summed E-state index contributed by atoms with van der Waals surface area (Å²) in [5, 5.41) is 4.42. The SMILES string of the molecule is CC(C)(C)[Si](O[C@@H]1COC(c2cccc(C3=N[C@H](O[Si](c4ccccc4)(c4ccccc4)C(C)(C)C)CO3)n2)=N1)(c1ccccc1)c1ccccc1. The zero-order chi connectivity index (χ0) is 36.4. The maximum absolute atomic E-state index is 7.22. The number of hydrogen-bond acceptors (Lipinski definition) is 7. The number of hydrogen-bond donors (Lipinski definition) is 0. The molecule has 9 heteroatoms. The molecule has 1 aromatic heterocycles. The van der Waals surface area contributed by atoms with E-state index in [4.69, 9.17) is 33.3 Å². The zero-order valence-electron chi connectivity index (χ0n) is 30.8. The van der Waals surface area contributed by atoms with Gasteiger partial charge in [-0.05, 0) is 43.0 Å². The summed E-state index contributed by atoms with van der Waals surface area (Å²) in [6, 6.07) is 48.1. The molecule has 2 atom stereocenters. The van der Waals surface area contributed by atoms with E-state index in [1.807, 2.05) is 42.5 Å². The van der Waals surface area contributed by atoms with Gasteiger partial charge in [-0.3, -0.25) is 0 Å². The summed E-state index contributed by atoms with van der Waals surface area (Å²) in [5.41, 5.74) is 1.21. The summed E-state index contributed by atoms with van der Waals surface area (Å²) in [6.07, 6.45) is -0.980. The molecule has 266 valence electrons. The lowest BCUT2D eigenvalue weighted by Crippen LogP contribution is -2.67. The Bertz CT molecular complexity index is 1810. The van der Waals surface area contributed by atoms with Crippen molar-refractivity contribution in [3.8, 4) is 0 Å². The molecule has 52 heavy (non-hydrogen) atoms. The van der Waals surface area contributed by atoms with Crippen molar-refractivity contribution in [1.82, 2.24) is 4.98 Å². The lowest BCUT2D eigenvalue weighted by atomic mass is 10.2. The predicted octanol–water partition coefficient (Wildman–Crippen LogP) is 6.44. The maximum atomic E-state index is 7.22. The van der Waals surface area contributed by atoms with Gasteiger partial charge in [0.1, 0.15) is 24.6 Å². The van der Waals surface area contributed by atoms with Gasteiger partial charge in [-0.15, -0.1) is 0 Å². The molecule has 3 heterocycles. The molecule has 0 unspecified atom stereocenters. The highest BCUT2D eigenvalue weighted by Crippen LogP contribution is 2.39. The Morgan fingerprint density at radius 3 is 1.06 bits per heavy atom. The Labute approximate surface area is 309 Å². The van der Waals surface area contributed by atoms with Gasteiger partial charge in [0.15, 0.2) is 12.5 Å². The Balaban J connectivity index is 1.17. The first-order valence-electron chi connectivity index (χ1n) is 18.0. The average Bonchev–Trinajstić information content (AvgIpc) is 3.83. The molecular formula is C43H47N3O4Si2. The summed E-state index contributed by atoms with van der Waals surface area (Å²) in [6.45, 7) is 14.2. The number of nitrogens with zero attached hydrogens (tertiary/aromatic N) is 3. The van der Waals surface area contributed by atoms with E-state index in [1.54, 1.807) is 0 Å². The van der Waals surface area contributed by atoms with Crippen molar-refractivity contribution in [2.45, 2.75) is 64.1 Å². The normalized spacial score (nSPS) is 18.0. The molecule has 0 saturated carbocycles. The molecule has 0 amide bonds. The molecule has 0 bridgehead atoms. The zero-order valence-corrected chi connectivity index (χ0v) is 32.8. The fourth-order valence-electron chi connectivity index (χ4n) is 7.58. The van der Waals surface area contributed by atoms with Crippen LogP contribution in [0, 0.1) is 0 Å². The fourth-order valence-corrected chi connectivity index (χ4v) is 16.7. The number of rotatable bonds is 10. The van der Waals surface area contributed by atoms with Gasteiger partial charge in [-0.25, -0.2) is 15.0 Å². The van der Waals surface area contributed by atoms with Gasteiger partial charge in [-0.2, -0.15) is 0 Å². The van der Waals surface area contributed by atoms with Crippen LogP contribution < -0.4 is 20.7 Å². The number of ether oxygens (including phenoxy) is 2. The first kappa shape index (κ1) is 35.7. The molecule has 0 N–H and O–H groups in total. The second kappa shape index (κ2) is 14.4. The summed E-state index contributed by atoms with van der Waals surface area (Å²) >= 11 is 0. The summed E-state index contributed by atoms with van der Waals surface area (Å²) < 4.78 is 26.8. The van der Waals surface area contributed by atoms with E-state index in [0.717, 1.165) is 0 Å². The van der Waals surface area contributed by atoms with Crippen molar-refractivity contribution in [3.05, 3.63) is 151 Å². The molecule has 0 aliphatic carbocycles. The fraction of sp³-hybridized carbons (Fsp3) is 0.279. The van der Waals surface area contributed by atoms with Crippen LogP contribution in [0.5, 0.6) is 0 Å². The largest absolute Gasteiger partial charge is 0.471 e. The van der Waals surface area contributed by atoms with Gasteiger partial charge in [0.25, 0.3) is 16.6 Å². The highest BCUT2D eigenvalue weighted by molar-refractivity contribution is 7.00. The van der Waals surface area contributed by atoms with Crippen LogP contribution >= 0.6 is 0 Å². The third-order valence-electron chi connectivity index (χ3n) is 9.89. The summed E-state index contributed by atoms with van der Waals surface area (Å²) in [7, 11) is -5.65. The summed E-state index contributed by atoms with van der Waals surface area (Å²) in [5.74, 6) is 0.895. The van der Waals surface area contributed by atoms with Crippen LogP contribution in [0.3, 0.4) is 0 Å². The molecule has 2 aliphatic rings. The van der Waals surface area contributed by atoms with Gasteiger partial charge in [0, 0.05) is 0 Å². The first-order valence-corrected chi connectivity index (χ1v) is 21.8. The minimum Gasteiger partial charge on any atom is -0.471 e. The van der Waals surface area contributed by atoms with Gasteiger partial charge in [0.2, 0.25) is 11.8 Å². The molecule has 0 saturated heterocycles. The van der Waals surface area contributed by atoms with Gasteiger partial charge < -0.3 is 18.3 Å². The summed E-state index contributed by atoms with van der Waals surface area (Å²) in [4.78, 5) is 14.9. The van der Waals surface area contributed by atoms with Crippen molar-refractivity contribution in [1.29, 1.82) is 0 Å². The number of benzene rings is 4. The molecule has 0 spiro atoms. The van der Waals surface area contributed by atoms with E-state index < -0.39 is 29.1 Å². The molecule has 2 aliphatic heterocycles. The lowest BCUT2D eigenvalue weighted by molar-refractivity contribution is 0.150. The van der Waals surface area contributed by atoms with Crippen LogP contribution in [0.25, 0.3) is 0 Å². The third kappa shape index (κ3) is 6.70. The maximum Gasteiger partial charge on any atom is 0.264 e. The van der Waals surface area contributed by atoms with E-state index in [2.05, 4.69) is 139 Å². The van der Waals surface area contributed by atoms with Crippen molar-refractivity contribution in [2.24, 2.45) is 9.98 Å². The first-order chi connectivity index (χ1) is 25.0. The molecule has 0 fully saturated rings. The molecular weight excluding hydrogens is 679 g/mol. The number of aliphatic imine (C=N–C) groups is 2. The van der Waals surface area contributed by atoms with Crippen molar-refractivity contribution >= 4 is 49.2 Å². The third-order valence-corrected chi connectivity index (χ3v) is 20.0. The molecule has 5 aromatic rings. The van der Waals surface area contributed by atoms with Gasteiger partial charge in [0.05, 0.1) is 0 Å². The van der Waals surface area contributed by atoms with E-state index in [-0.39, 0.29) is 10.1 Å². The minimum atomic E-state index is -2.82. The van der Waals surface area contributed by atoms with Crippen LogP contribution in [0.4, 0.5) is 0 Å². The molecule has 7 rings (SSSR count). The monoisotopic (exact) mass is 725 g/mol. The van der Waals surface area contributed by atoms with Crippen molar-refractivity contribution in [2.75, 3.05) is 13.2 Å². The second-order valence-corrected chi connectivity index (χ2v) is 23.9. The van der Waals surface area contributed by atoms with Crippen LogP contribution in [-0.4, -0.2) is 59.1 Å². The average molecular weight is 726 g/mol. The van der Waals surface area contributed by atoms with E-state index in [9.17, 15) is 0 Å². The highest BCUT2D eigenvalue weighted by Gasteiger charge is 2.53. The van der Waals surface area contributed by atoms with Crippen LogP contribution in [0.15, 0.2) is 150 Å². The van der Waals surface area contributed by atoms with Crippen LogP contribution in [0.2, 0.25) is 10.1 Å². The Morgan fingerprint density at radius 1 is 0.462 bits per heavy atom. The topological polar surface area (TPSA) is 74.5 Å². The van der Waals surface area contributed by atoms with E-state index >= 15 is 0 Å². The quantitative estimate of drug-likeness (QED) is 0.155. The predicted molar refractivity (Wildman–Crippen MR) is 214 cm³/mol. The van der Waals surface area contributed by atoms with E-state index in [0.29, 0.717) is 36.4 Å². The molecule has 4 aromatic carbocycles. The standard InChI is InChI=1S/C43H47N3O4Si2/c1-42(2,3)51(32-20-11-7-12-21-32,33-22-13-8-14-23-33)49-38-30-47-40(45-38)36-28-19-29-37(44-36)41-46-39(31-48-41)50-52(43(4,5)6,34-24-15-9-16-25-34)35-26-17-10-18-27-35/h7-29,38-39H,30-31H2,1-6H3/t38-,39-/m1/s1. The van der Waals surface area contributed by atoms with E-state index in [1.165, 1.54) is 20.7 Å². The number of pyridine rings is 1. The minimum absolute atomic E-state index is 0.183. The molecule has 7 nitrogen and oxygen atoms in total. The second-order valence-electron chi connectivity index (χ2n) is 15.4. The van der Waals surface area contributed by atoms with Gasteiger partial charge in [-0.1, -0.05) is 169 Å². The highest BCUT2D eigenvalue weighted by atomic mass is 28.4. The lowest BCUT2D eigenvalue weighted by Gasteiger charge is -2.43. The Kier molecular flexibility index (Phi) is 9.88. The Hall–Kier alpha value is -4.68. The van der Waals surface area contributed by atoms with Crippen molar-refractivity contribution in [3.63, 3.8) is 0 Å². The smallest absolute Gasteiger partial charge is 0.264 e. The molecule has 0 radical (unpaired) electrons. The van der Waals surface area contributed by atoms with Crippen molar-refractivity contribution < 1.29 is 18.3 Å². The van der Waals surface area contributed by atoms with Crippen LogP contribution in [0.1, 0.15) is 52.9 Å². The Morgan fingerprint density at radius 2 is 0.769 bits per heavy atom. The van der Waals surface area contributed by atoms with Gasteiger partial charge >= 0.3 is 0 Å². The van der Waals surface area contributed by atoms with Crippen LogP contribution in [-0.2, 0) is 18.3 Å².